The van der Waals surface area contributed by atoms with Crippen LogP contribution in [-0.2, 0) is 6.54 Å². The fourth-order valence-electron chi connectivity index (χ4n) is 3.39. The van der Waals surface area contributed by atoms with Crippen LogP contribution in [0.1, 0.15) is 29.9 Å². The second-order valence-corrected chi connectivity index (χ2v) is 7.04. The minimum Gasteiger partial charge on any atom is -0.368 e. The van der Waals surface area contributed by atoms with Crippen LogP contribution in [0.4, 0.5) is 17.6 Å². The van der Waals surface area contributed by atoms with Crippen LogP contribution in [0.25, 0.3) is 10.8 Å². The van der Waals surface area contributed by atoms with Gasteiger partial charge in [0.25, 0.3) is 0 Å². The van der Waals surface area contributed by atoms with Crippen LogP contribution < -0.4 is 16.4 Å². The Balaban J connectivity index is 1.51. The van der Waals surface area contributed by atoms with E-state index in [2.05, 4.69) is 75.0 Å². The van der Waals surface area contributed by atoms with E-state index in [9.17, 15) is 0 Å². The molecule has 1 atom stereocenters. The number of aryl methyl sites for hydroxylation is 1. The van der Waals surface area contributed by atoms with E-state index in [1.54, 1.807) is 0 Å². The maximum absolute atomic E-state index is 5.91. The van der Waals surface area contributed by atoms with E-state index in [-0.39, 0.29) is 12.0 Å². The number of nitrogens with zero attached hydrogens (tertiary/aromatic N) is 3. The number of rotatable bonds is 6. The van der Waals surface area contributed by atoms with Gasteiger partial charge in [0.2, 0.25) is 11.9 Å². The number of fused-ring (bicyclic) bond motifs is 1. The molecule has 0 fully saturated rings. The summed E-state index contributed by atoms with van der Waals surface area (Å²) < 4.78 is 0. The molecule has 0 amide bonds. The molecular formula is C23H24N6. The second-order valence-electron chi connectivity index (χ2n) is 7.04. The molecule has 0 saturated heterocycles. The molecule has 6 heteroatoms. The molecule has 0 radical (unpaired) electrons. The predicted molar refractivity (Wildman–Crippen MR) is 118 cm³/mol. The van der Waals surface area contributed by atoms with Crippen LogP contribution in [0.5, 0.6) is 0 Å². The standard InChI is InChI=1S/C23H24N6/c1-15-8-3-6-13-20(15)26-23-28-21(27-22(24)29-23)14-25-16(2)18-12-7-10-17-9-4-5-11-19(17)18/h3-13,16,25H,14H2,1-2H3,(H3,24,26,27,28,29)/t16-/m0/s1. The van der Waals surface area contributed by atoms with Crippen molar-refractivity contribution in [3.8, 4) is 0 Å². The third-order valence-corrected chi connectivity index (χ3v) is 4.95. The lowest BCUT2D eigenvalue weighted by atomic mass is 10.00. The molecule has 146 valence electrons. The van der Waals surface area contributed by atoms with Gasteiger partial charge in [0.1, 0.15) is 5.82 Å². The summed E-state index contributed by atoms with van der Waals surface area (Å²) in [5.41, 5.74) is 9.20. The molecule has 4 N–H and O–H groups in total. The van der Waals surface area contributed by atoms with E-state index in [1.807, 2.05) is 31.2 Å². The van der Waals surface area contributed by atoms with E-state index in [0.717, 1.165) is 11.3 Å². The van der Waals surface area contributed by atoms with Crippen LogP contribution >= 0.6 is 0 Å². The van der Waals surface area contributed by atoms with Gasteiger partial charge < -0.3 is 16.4 Å². The number of hydrogen-bond donors (Lipinski definition) is 3. The van der Waals surface area contributed by atoms with Gasteiger partial charge in [0.05, 0.1) is 6.54 Å². The lowest BCUT2D eigenvalue weighted by molar-refractivity contribution is 0.562. The molecule has 0 aliphatic rings. The van der Waals surface area contributed by atoms with Crippen molar-refractivity contribution in [1.29, 1.82) is 0 Å². The normalized spacial score (nSPS) is 12.1. The van der Waals surface area contributed by atoms with Gasteiger partial charge in [-0.2, -0.15) is 15.0 Å². The number of nitrogens with one attached hydrogen (secondary N) is 2. The molecule has 4 rings (SSSR count). The zero-order valence-corrected chi connectivity index (χ0v) is 16.6. The van der Waals surface area contributed by atoms with Gasteiger partial charge in [-0.3, -0.25) is 0 Å². The molecule has 0 unspecified atom stereocenters. The van der Waals surface area contributed by atoms with Gasteiger partial charge in [-0.1, -0.05) is 60.7 Å². The molecule has 1 heterocycles. The molecule has 1 aromatic heterocycles. The summed E-state index contributed by atoms with van der Waals surface area (Å²) in [4.78, 5) is 13.0. The van der Waals surface area contributed by atoms with E-state index < -0.39 is 0 Å². The fraction of sp³-hybridized carbons (Fsp3) is 0.174. The van der Waals surface area contributed by atoms with Crippen molar-refractivity contribution in [2.24, 2.45) is 0 Å². The first-order chi connectivity index (χ1) is 14.1. The SMILES string of the molecule is Cc1ccccc1Nc1nc(N)nc(CN[C@@H](C)c2cccc3ccccc23)n1. The smallest absolute Gasteiger partial charge is 0.232 e. The van der Waals surface area contributed by atoms with E-state index in [4.69, 9.17) is 5.73 Å². The van der Waals surface area contributed by atoms with E-state index >= 15 is 0 Å². The maximum atomic E-state index is 5.91. The number of nitrogen functional groups attached to an aromatic ring is 1. The third-order valence-electron chi connectivity index (χ3n) is 4.95. The van der Waals surface area contributed by atoms with Crippen molar-refractivity contribution < 1.29 is 0 Å². The highest BCUT2D eigenvalue weighted by atomic mass is 15.2. The van der Waals surface area contributed by atoms with E-state index in [1.165, 1.54) is 16.3 Å². The predicted octanol–water partition coefficient (Wildman–Crippen LogP) is 4.51. The van der Waals surface area contributed by atoms with Gasteiger partial charge >= 0.3 is 0 Å². The zero-order chi connectivity index (χ0) is 20.2. The monoisotopic (exact) mass is 384 g/mol. The van der Waals surface area contributed by atoms with Crippen molar-refractivity contribution >= 4 is 28.4 Å². The average molecular weight is 384 g/mol. The first kappa shape index (κ1) is 18.8. The van der Waals surface area contributed by atoms with Crippen molar-refractivity contribution in [2.45, 2.75) is 26.4 Å². The zero-order valence-electron chi connectivity index (χ0n) is 16.6. The summed E-state index contributed by atoms with van der Waals surface area (Å²) in [5, 5.41) is 9.20. The Bertz CT molecular complexity index is 1140. The molecule has 0 aliphatic heterocycles. The second kappa shape index (κ2) is 8.24. The molecule has 0 bridgehead atoms. The lowest BCUT2D eigenvalue weighted by Crippen LogP contribution is -2.21. The number of benzene rings is 3. The quantitative estimate of drug-likeness (QED) is 0.453. The Labute approximate surface area is 170 Å². The van der Waals surface area contributed by atoms with Gasteiger partial charge in [0.15, 0.2) is 0 Å². The summed E-state index contributed by atoms with van der Waals surface area (Å²) in [7, 11) is 0. The number of anilines is 3. The van der Waals surface area contributed by atoms with Gasteiger partial charge in [-0.05, 0) is 41.8 Å². The molecule has 0 spiro atoms. The highest BCUT2D eigenvalue weighted by Crippen LogP contribution is 2.24. The summed E-state index contributed by atoms with van der Waals surface area (Å²) in [6, 6.07) is 22.9. The van der Waals surface area contributed by atoms with Gasteiger partial charge in [0, 0.05) is 11.7 Å². The summed E-state index contributed by atoms with van der Waals surface area (Å²) >= 11 is 0. The van der Waals surface area contributed by atoms with Crippen molar-refractivity contribution in [3.63, 3.8) is 0 Å². The summed E-state index contributed by atoms with van der Waals surface area (Å²) in [5.74, 6) is 1.24. The Kier molecular flexibility index (Phi) is 5.35. The van der Waals surface area contributed by atoms with Crippen LogP contribution in [0.3, 0.4) is 0 Å². The molecule has 0 aliphatic carbocycles. The molecule has 6 nitrogen and oxygen atoms in total. The first-order valence-electron chi connectivity index (χ1n) is 9.64. The highest BCUT2D eigenvalue weighted by Gasteiger charge is 2.11. The van der Waals surface area contributed by atoms with Crippen molar-refractivity contribution in [1.82, 2.24) is 20.3 Å². The maximum Gasteiger partial charge on any atom is 0.232 e. The highest BCUT2D eigenvalue weighted by molar-refractivity contribution is 5.86. The van der Waals surface area contributed by atoms with Gasteiger partial charge in [-0.15, -0.1) is 0 Å². The minimum absolute atomic E-state index is 0.131. The topological polar surface area (TPSA) is 88.8 Å². The van der Waals surface area contributed by atoms with Crippen LogP contribution in [0.15, 0.2) is 66.7 Å². The summed E-state index contributed by atoms with van der Waals surface area (Å²) in [6.45, 7) is 4.65. The van der Waals surface area contributed by atoms with Crippen molar-refractivity contribution in [2.75, 3.05) is 11.1 Å². The lowest BCUT2D eigenvalue weighted by Gasteiger charge is -2.16. The summed E-state index contributed by atoms with van der Waals surface area (Å²) in [6.07, 6.45) is 0. The Morgan fingerprint density at radius 3 is 2.52 bits per heavy atom. The molecule has 4 aromatic rings. The molecule has 0 saturated carbocycles. The van der Waals surface area contributed by atoms with Gasteiger partial charge in [-0.25, -0.2) is 0 Å². The number of hydrogen-bond acceptors (Lipinski definition) is 6. The Hall–Kier alpha value is -3.51. The van der Waals surface area contributed by atoms with Crippen LogP contribution in [0, 0.1) is 6.92 Å². The number of nitrogens with two attached hydrogens (primary N) is 1. The molecule has 29 heavy (non-hydrogen) atoms. The Morgan fingerprint density at radius 2 is 1.66 bits per heavy atom. The average Bonchev–Trinajstić information content (AvgIpc) is 2.73. The number of aromatic nitrogens is 3. The third kappa shape index (κ3) is 4.33. The number of para-hydroxylation sites is 1. The van der Waals surface area contributed by atoms with E-state index in [0.29, 0.717) is 18.3 Å². The van der Waals surface area contributed by atoms with Crippen molar-refractivity contribution in [3.05, 3.63) is 83.7 Å². The van der Waals surface area contributed by atoms with Crippen LogP contribution in [0.2, 0.25) is 0 Å². The first-order valence-corrected chi connectivity index (χ1v) is 9.64. The Morgan fingerprint density at radius 1 is 0.897 bits per heavy atom. The molecule has 3 aromatic carbocycles. The van der Waals surface area contributed by atoms with Crippen LogP contribution in [-0.4, -0.2) is 15.0 Å². The molecular weight excluding hydrogens is 360 g/mol. The fourth-order valence-corrected chi connectivity index (χ4v) is 3.39. The minimum atomic E-state index is 0.131. The largest absolute Gasteiger partial charge is 0.368 e.